The second-order valence-corrected chi connectivity index (χ2v) is 9.61. The number of urea groups is 1. The summed E-state index contributed by atoms with van der Waals surface area (Å²) in [7, 11) is 0. The molecular formula is C21H29N3O4S. The van der Waals surface area contributed by atoms with Gasteiger partial charge in [0, 0.05) is 18.0 Å². The van der Waals surface area contributed by atoms with Gasteiger partial charge in [-0.2, -0.15) is 0 Å². The van der Waals surface area contributed by atoms with E-state index in [9.17, 15) is 14.4 Å². The summed E-state index contributed by atoms with van der Waals surface area (Å²) >= 11 is 1.59. The highest BCUT2D eigenvalue weighted by Crippen LogP contribution is 2.36. The maximum Gasteiger partial charge on any atom is 0.325 e. The van der Waals surface area contributed by atoms with Crippen LogP contribution in [0.25, 0.3) is 0 Å². The minimum absolute atomic E-state index is 0.0215. The summed E-state index contributed by atoms with van der Waals surface area (Å²) < 4.78 is 5.71. The van der Waals surface area contributed by atoms with E-state index in [0.29, 0.717) is 31.8 Å². The Morgan fingerprint density at radius 2 is 2.14 bits per heavy atom. The summed E-state index contributed by atoms with van der Waals surface area (Å²) in [5.41, 5.74) is -0.809. The quantitative estimate of drug-likeness (QED) is 0.719. The first kappa shape index (κ1) is 20.3. The molecule has 4 rings (SSSR count). The van der Waals surface area contributed by atoms with E-state index < -0.39 is 11.6 Å². The lowest BCUT2D eigenvalue weighted by molar-refractivity contribution is -0.140. The zero-order valence-corrected chi connectivity index (χ0v) is 17.7. The molecule has 1 aromatic rings. The minimum Gasteiger partial charge on any atom is -0.376 e. The number of carbonyl (C=O) groups excluding carboxylic acids is 3. The zero-order chi connectivity index (χ0) is 20.4. The smallest absolute Gasteiger partial charge is 0.325 e. The van der Waals surface area contributed by atoms with Gasteiger partial charge in [0.25, 0.3) is 5.91 Å². The third kappa shape index (κ3) is 4.33. The summed E-state index contributed by atoms with van der Waals surface area (Å²) in [6, 6.07) is 3.51. The molecule has 3 heterocycles. The van der Waals surface area contributed by atoms with Crippen LogP contribution in [0.1, 0.15) is 50.3 Å². The predicted octanol–water partition coefficient (Wildman–Crippen LogP) is 2.76. The van der Waals surface area contributed by atoms with Crippen LogP contribution in [-0.4, -0.2) is 59.0 Å². The van der Waals surface area contributed by atoms with Gasteiger partial charge in [-0.1, -0.05) is 13.0 Å². The molecule has 3 fully saturated rings. The fourth-order valence-electron chi connectivity index (χ4n) is 4.53. The van der Waals surface area contributed by atoms with Crippen molar-refractivity contribution in [2.24, 2.45) is 5.92 Å². The van der Waals surface area contributed by atoms with E-state index in [-0.39, 0.29) is 24.5 Å². The highest BCUT2D eigenvalue weighted by Gasteiger charge is 2.52. The van der Waals surface area contributed by atoms with Gasteiger partial charge in [-0.25, -0.2) is 4.79 Å². The lowest BCUT2D eigenvalue weighted by Gasteiger charge is -2.33. The van der Waals surface area contributed by atoms with Crippen molar-refractivity contribution >= 4 is 29.2 Å². The Labute approximate surface area is 175 Å². The fraction of sp³-hybridized carbons (Fsp3) is 0.667. The van der Waals surface area contributed by atoms with E-state index in [0.717, 1.165) is 42.1 Å². The molecule has 0 aromatic carbocycles. The Bertz CT molecular complexity index is 752. The predicted molar refractivity (Wildman–Crippen MR) is 109 cm³/mol. The van der Waals surface area contributed by atoms with Gasteiger partial charge in [0.1, 0.15) is 12.1 Å². The van der Waals surface area contributed by atoms with Gasteiger partial charge >= 0.3 is 6.03 Å². The molecule has 1 atom stereocenters. The summed E-state index contributed by atoms with van der Waals surface area (Å²) in [6.45, 7) is 3.65. The van der Waals surface area contributed by atoms with Crippen LogP contribution in [0, 0.1) is 5.92 Å². The topological polar surface area (TPSA) is 79.0 Å². The largest absolute Gasteiger partial charge is 0.376 e. The highest BCUT2D eigenvalue weighted by molar-refractivity contribution is 7.09. The van der Waals surface area contributed by atoms with Crippen molar-refractivity contribution in [3.63, 3.8) is 0 Å². The van der Waals surface area contributed by atoms with Crippen molar-refractivity contribution in [2.45, 2.75) is 63.6 Å². The molecule has 1 saturated carbocycles. The molecule has 1 N–H and O–H groups in total. The number of ether oxygens (including phenoxy) is 1. The normalized spacial score (nSPS) is 29.5. The van der Waals surface area contributed by atoms with Gasteiger partial charge in [-0.05, 0) is 55.9 Å². The van der Waals surface area contributed by atoms with Crippen LogP contribution >= 0.6 is 11.3 Å². The molecule has 8 heteroatoms. The molecule has 7 nitrogen and oxygen atoms in total. The Balaban J connectivity index is 1.44. The summed E-state index contributed by atoms with van der Waals surface area (Å²) in [6.07, 6.45) is 5.08. The first-order chi connectivity index (χ1) is 14.0. The number of imide groups is 1. The number of carbonyl (C=O) groups is 3. The van der Waals surface area contributed by atoms with Crippen LogP contribution in [0.5, 0.6) is 0 Å². The molecule has 4 amide bonds. The fourth-order valence-corrected chi connectivity index (χ4v) is 5.25. The third-order valence-electron chi connectivity index (χ3n) is 6.39. The number of nitrogens with one attached hydrogen (secondary N) is 1. The molecule has 0 radical (unpaired) electrons. The molecular weight excluding hydrogens is 390 g/mol. The van der Waals surface area contributed by atoms with Crippen LogP contribution < -0.4 is 5.32 Å². The van der Waals surface area contributed by atoms with Gasteiger partial charge in [-0.3, -0.25) is 14.5 Å². The average molecular weight is 420 g/mol. The van der Waals surface area contributed by atoms with E-state index >= 15 is 0 Å². The minimum atomic E-state index is -0.809. The molecule has 1 unspecified atom stereocenters. The van der Waals surface area contributed by atoms with Crippen molar-refractivity contribution in [3.8, 4) is 0 Å². The Morgan fingerprint density at radius 1 is 1.34 bits per heavy atom. The van der Waals surface area contributed by atoms with Crippen molar-refractivity contribution in [1.29, 1.82) is 0 Å². The van der Waals surface area contributed by atoms with E-state index in [2.05, 4.69) is 12.2 Å². The maximum absolute atomic E-state index is 13.1. The van der Waals surface area contributed by atoms with Crippen molar-refractivity contribution in [1.82, 2.24) is 15.1 Å². The van der Waals surface area contributed by atoms with Crippen LogP contribution in [-0.2, 0) is 20.9 Å². The lowest BCUT2D eigenvalue weighted by atomic mass is 9.77. The van der Waals surface area contributed by atoms with Gasteiger partial charge in [0.05, 0.1) is 12.6 Å². The number of amides is 4. The standard InChI is InChI=1S/C21H29N3O4S/c1-15-6-8-21(9-7-15)19(26)24(20(27)22-21)14-18(25)23(12-16-4-2-10-28-16)13-17-5-3-11-29-17/h3,5,11,15-16H,2,4,6-10,12-14H2,1H3,(H,22,27). The number of hydrogen-bond acceptors (Lipinski definition) is 5. The van der Waals surface area contributed by atoms with Crippen molar-refractivity contribution in [2.75, 3.05) is 19.7 Å². The van der Waals surface area contributed by atoms with Crippen molar-refractivity contribution < 1.29 is 19.1 Å². The van der Waals surface area contributed by atoms with Crippen LogP contribution in [0.3, 0.4) is 0 Å². The first-order valence-corrected chi connectivity index (χ1v) is 11.4. The summed E-state index contributed by atoms with van der Waals surface area (Å²) in [5, 5.41) is 4.88. The Hall–Kier alpha value is -1.93. The molecule has 1 spiro atoms. The van der Waals surface area contributed by atoms with Gasteiger partial charge in [-0.15, -0.1) is 11.3 Å². The van der Waals surface area contributed by atoms with Crippen LogP contribution in [0.15, 0.2) is 17.5 Å². The Morgan fingerprint density at radius 3 is 2.79 bits per heavy atom. The second-order valence-electron chi connectivity index (χ2n) is 8.57. The van der Waals surface area contributed by atoms with Crippen LogP contribution in [0.2, 0.25) is 0 Å². The lowest BCUT2D eigenvalue weighted by Crippen LogP contribution is -2.50. The molecule has 3 aliphatic rings. The molecule has 0 bridgehead atoms. The molecule has 1 aliphatic carbocycles. The number of rotatable bonds is 6. The SMILES string of the molecule is CC1CCC2(CC1)NC(=O)N(CC(=O)N(Cc1cccs1)CC1CCCO1)C2=O. The zero-order valence-electron chi connectivity index (χ0n) is 16.9. The second kappa shape index (κ2) is 8.44. The monoisotopic (exact) mass is 419 g/mol. The molecule has 29 heavy (non-hydrogen) atoms. The first-order valence-electron chi connectivity index (χ1n) is 10.5. The van der Waals surface area contributed by atoms with Crippen molar-refractivity contribution in [3.05, 3.63) is 22.4 Å². The molecule has 2 aliphatic heterocycles. The molecule has 158 valence electrons. The van der Waals surface area contributed by atoms with Gasteiger partial charge < -0.3 is 15.0 Å². The summed E-state index contributed by atoms with van der Waals surface area (Å²) in [4.78, 5) is 42.7. The molecule has 2 saturated heterocycles. The van der Waals surface area contributed by atoms with E-state index in [1.54, 1.807) is 16.2 Å². The third-order valence-corrected chi connectivity index (χ3v) is 7.26. The highest BCUT2D eigenvalue weighted by atomic mass is 32.1. The van der Waals surface area contributed by atoms with Gasteiger partial charge in [0.15, 0.2) is 0 Å². The maximum atomic E-state index is 13.1. The average Bonchev–Trinajstić information content (AvgIpc) is 3.44. The number of thiophene rings is 1. The van der Waals surface area contributed by atoms with E-state index in [1.807, 2.05) is 17.5 Å². The van der Waals surface area contributed by atoms with E-state index in [4.69, 9.17) is 4.74 Å². The number of nitrogens with zero attached hydrogens (tertiary/aromatic N) is 2. The Kier molecular flexibility index (Phi) is 5.92. The van der Waals surface area contributed by atoms with Crippen LogP contribution in [0.4, 0.5) is 4.79 Å². The molecule has 1 aromatic heterocycles. The summed E-state index contributed by atoms with van der Waals surface area (Å²) in [5.74, 6) is 0.114. The van der Waals surface area contributed by atoms with E-state index in [1.165, 1.54) is 0 Å². The number of hydrogen-bond donors (Lipinski definition) is 1. The van der Waals surface area contributed by atoms with Gasteiger partial charge in [0.2, 0.25) is 5.91 Å².